The molecule has 0 unspecified atom stereocenters. The predicted octanol–water partition coefficient (Wildman–Crippen LogP) is -0.384. The molecule has 0 saturated heterocycles. The molecule has 0 aromatic heterocycles. The Morgan fingerprint density at radius 3 is 1.88 bits per heavy atom. The molecular weight excluding hydrogens is 144 g/mol. The van der Waals surface area contributed by atoms with Crippen LogP contribution in [0.4, 0.5) is 8.78 Å². The number of alkyl halides is 2. The highest BCUT2D eigenvalue weighted by molar-refractivity contribution is 7.83. The second-order valence-electron chi connectivity index (χ2n) is 0.831. The van der Waals surface area contributed by atoms with Crippen molar-refractivity contribution in [3.8, 4) is 0 Å². The van der Waals surface area contributed by atoms with Crippen LogP contribution in [0, 0.1) is 0 Å². The molecule has 4 nitrogen and oxygen atoms in total. The smallest absolute Gasteiger partial charge is 0.272 e. The van der Waals surface area contributed by atoms with Crippen LogP contribution < -0.4 is 4.72 Å². The molecule has 0 spiro atoms. The van der Waals surface area contributed by atoms with Crippen LogP contribution in [-0.2, 0) is 10.3 Å². The number of rotatable bonds is 2. The van der Waals surface area contributed by atoms with Crippen molar-refractivity contribution in [3.05, 3.63) is 0 Å². The van der Waals surface area contributed by atoms with Crippen molar-refractivity contribution in [3.63, 3.8) is 0 Å². The molecule has 1 N–H and O–H groups in total. The molecule has 0 aliphatic rings. The SMILES string of the molecule is O=S(=O)(O)[N]C(F)F. The van der Waals surface area contributed by atoms with E-state index in [9.17, 15) is 17.2 Å². The van der Waals surface area contributed by atoms with Crippen molar-refractivity contribution in [2.75, 3.05) is 0 Å². The van der Waals surface area contributed by atoms with Gasteiger partial charge in [0.1, 0.15) is 0 Å². The second kappa shape index (κ2) is 2.33. The molecule has 0 aromatic rings. The van der Waals surface area contributed by atoms with Gasteiger partial charge in [0.25, 0.3) is 0 Å². The molecule has 8 heavy (non-hydrogen) atoms. The van der Waals surface area contributed by atoms with Crippen LogP contribution in [0.3, 0.4) is 0 Å². The molecule has 0 fully saturated rings. The van der Waals surface area contributed by atoms with E-state index in [1.165, 1.54) is 0 Å². The normalized spacial score (nSPS) is 12.5. The fourth-order valence-electron chi connectivity index (χ4n) is 0.101. The predicted molar refractivity (Wildman–Crippen MR) is 19.7 cm³/mol. The summed E-state index contributed by atoms with van der Waals surface area (Å²) in [5, 5.41) is 0. The van der Waals surface area contributed by atoms with E-state index in [0.717, 1.165) is 0 Å². The van der Waals surface area contributed by atoms with E-state index in [0.29, 0.717) is 0 Å². The minimum atomic E-state index is -4.85. The zero-order valence-electron chi connectivity index (χ0n) is 3.45. The van der Waals surface area contributed by atoms with Crippen molar-refractivity contribution in [1.29, 1.82) is 0 Å². The quantitative estimate of drug-likeness (QED) is 0.426. The van der Waals surface area contributed by atoms with Crippen molar-refractivity contribution in [2.45, 2.75) is 6.55 Å². The van der Waals surface area contributed by atoms with Crippen molar-refractivity contribution >= 4 is 10.3 Å². The summed E-state index contributed by atoms with van der Waals surface area (Å²) < 4.78 is 49.5. The Morgan fingerprint density at radius 2 is 1.88 bits per heavy atom. The molecule has 1 radical (unpaired) electrons. The van der Waals surface area contributed by atoms with Gasteiger partial charge in [0.2, 0.25) is 0 Å². The van der Waals surface area contributed by atoms with Crippen molar-refractivity contribution in [1.82, 2.24) is 4.72 Å². The van der Waals surface area contributed by atoms with E-state index in [2.05, 4.69) is 0 Å². The van der Waals surface area contributed by atoms with Gasteiger partial charge in [0.05, 0.1) is 0 Å². The van der Waals surface area contributed by atoms with Crippen LogP contribution in [0.1, 0.15) is 0 Å². The third kappa shape index (κ3) is 5.73. The molecule has 0 aliphatic carbocycles. The summed E-state index contributed by atoms with van der Waals surface area (Å²) in [5.74, 6) is 0. The molecule has 0 aromatic carbocycles. The first-order valence-electron chi connectivity index (χ1n) is 1.39. The molecule has 0 rings (SSSR count). The lowest BCUT2D eigenvalue weighted by molar-refractivity contribution is 0.129. The molecule has 0 saturated carbocycles. The van der Waals surface area contributed by atoms with E-state index in [4.69, 9.17) is 4.55 Å². The standard InChI is InChI=1S/CH2F2NO3S/c2-1(3)4-8(5,6)7/h1H,(H,5,6,7). The highest BCUT2D eigenvalue weighted by atomic mass is 32.2. The first-order valence-corrected chi connectivity index (χ1v) is 2.79. The molecule has 0 heterocycles. The van der Waals surface area contributed by atoms with E-state index >= 15 is 0 Å². The van der Waals surface area contributed by atoms with Gasteiger partial charge in [0.15, 0.2) is 0 Å². The Bertz CT molecular complexity index is 151. The van der Waals surface area contributed by atoms with Gasteiger partial charge in [-0.1, -0.05) is 0 Å². The average molecular weight is 146 g/mol. The molecule has 7 heteroatoms. The monoisotopic (exact) mass is 146 g/mol. The minimum absolute atomic E-state index is 1.60. The van der Waals surface area contributed by atoms with E-state index in [1.54, 1.807) is 4.72 Å². The third-order valence-corrected chi connectivity index (χ3v) is 0.639. The van der Waals surface area contributed by atoms with Crippen LogP contribution >= 0.6 is 0 Å². The number of hydrogen-bond acceptors (Lipinski definition) is 2. The Labute approximate surface area is 44.4 Å². The lowest BCUT2D eigenvalue weighted by Gasteiger charge is -1.90. The summed E-state index contributed by atoms with van der Waals surface area (Å²) in [4.78, 5) is 0. The number of hydrogen-bond donors (Lipinski definition) is 1. The van der Waals surface area contributed by atoms with Crippen LogP contribution in [0.5, 0.6) is 0 Å². The minimum Gasteiger partial charge on any atom is -0.272 e. The van der Waals surface area contributed by atoms with Crippen LogP contribution in [0.15, 0.2) is 0 Å². The number of nitrogens with zero attached hydrogens (tertiary/aromatic N) is 1. The van der Waals surface area contributed by atoms with Gasteiger partial charge < -0.3 is 0 Å². The summed E-state index contributed by atoms with van der Waals surface area (Å²) in [5.41, 5.74) is 0. The molecule has 0 aliphatic heterocycles. The van der Waals surface area contributed by atoms with E-state index in [1.807, 2.05) is 0 Å². The highest BCUT2D eigenvalue weighted by Gasteiger charge is 2.13. The summed E-state index contributed by atoms with van der Waals surface area (Å²) in [7, 11) is -4.85. The maximum absolute atomic E-state index is 10.8. The molecular formula is CH2F2NO3S. The second-order valence-corrected chi connectivity index (χ2v) is 1.94. The average Bonchev–Trinajstić information content (AvgIpc) is 1.21. The third-order valence-electron chi connectivity index (χ3n) is 0.213. The van der Waals surface area contributed by atoms with Gasteiger partial charge >= 0.3 is 16.9 Å². The van der Waals surface area contributed by atoms with Crippen LogP contribution in [-0.4, -0.2) is 19.5 Å². The number of halogens is 2. The highest BCUT2D eigenvalue weighted by Crippen LogP contribution is 1.89. The first-order chi connectivity index (χ1) is 3.42. The topological polar surface area (TPSA) is 68.5 Å². The Balaban J connectivity index is 3.75. The maximum Gasteiger partial charge on any atom is 0.355 e. The Kier molecular flexibility index (Phi) is 2.26. The van der Waals surface area contributed by atoms with Gasteiger partial charge in [-0.15, -0.1) is 0 Å². The molecule has 0 bridgehead atoms. The van der Waals surface area contributed by atoms with Crippen molar-refractivity contribution < 1.29 is 21.8 Å². The zero-order valence-corrected chi connectivity index (χ0v) is 4.27. The zero-order chi connectivity index (χ0) is 6.78. The molecule has 49 valence electrons. The fraction of sp³-hybridized carbons (Fsp3) is 1.00. The lowest BCUT2D eigenvalue weighted by atomic mass is 11.4. The van der Waals surface area contributed by atoms with E-state index < -0.39 is 16.9 Å². The van der Waals surface area contributed by atoms with Gasteiger partial charge in [-0.25, -0.2) is 0 Å². The van der Waals surface area contributed by atoms with E-state index in [-0.39, 0.29) is 0 Å². The van der Waals surface area contributed by atoms with Crippen LogP contribution in [0.25, 0.3) is 0 Å². The lowest BCUT2D eigenvalue weighted by Crippen LogP contribution is -2.19. The molecule has 0 atom stereocenters. The summed E-state index contributed by atoms with van der Waals surface area (Å²) >= 11 is 0. The van der Waals surface area contributed by atoms with Gasteiger partial charge in [-0.3, -0.25) is 4.55 Å². The largest absolute Gasteiger partial charge is 0.355 e. The Hall–Kier alpha value is -0.270. The fourth-order valence-corrected chi connectivity index (χ4v) is 0.302. The maximum atomic E-state index is 10.8. The molecule has 0 amide bonds. The Morgan fingerprint density at radius 1 is 1.50 bits per heavy atom. The first kappa shape index (κ1) is 7.73. The summed E-state index contributed by atoms with van der Waals surface area (Å²) in [6.07, 6.45) is 0. The van der Waals surface area contributed by atoms with Gasteiger partial charge in [0, 0.05) is 0 Å². The summed E-state index contributed by atoms with van der Waals surface area (Å²) in [6, 6.07) is 0. The van der Waals surface area contributed by atoms with Crippen LogP contribution in [0.2, 0.25) is 0 Å². The van der Waals surface area contributed by atoms with Crippen molar-refractivity contribution in [2.24, 2.45) is 0 Å². The van der Waals surface area contributed by atoms with Gasteiger partial charge in [-0.05, 0) is 4.72 Å². The van der Waals surface area contributed by atoms with Gasteiger partial charge in [-0.2, -0.15) is 17.2 Å². The summed E-state index contributed by atoms with van der Waals surface area (Å²) in [6.45, 7) is -3.37.